The summed E-state index contributed by atoms with van der Waals surface area (Å²) < 4.78 is 4.57. The number of ketones is 1. The molecule has 1 atom stereocenters. The molecule has 18 heavy (non-hydrogen) atoms. The summed E-state index contributed by atoms with van der Waals surface area (Å²) in [7, 11) is 1.30. The van der Waals surface area contributed by atoms with Crippen LogP contribution in [0.25, 0.3) is 0 Å². The molecule has 1 amide bonds. The molecular formula is C14H17NO3. The molecular weight excluding hydrogens is 230 g/mol. The standard InChI is InChI=1S/C14H17NO3/c1-18-14(17)15-12(13(16)11-7-8-11)9-10-5-3-2-4-6-10/h2-6,11-12H,7-9H2,1H3,(H,15,17)/t12-/m0/s1. The van der Waals surface area contributed by atoms with Crippen molar-refractivity contribution in [1.29, 1.82) is 0 Å². The molecule has 1 aliphatic carbocycles. The van der Waals surface area contributed by atoms with Crippen LogP contribution in [0, 0.1) is 5.92 Å². The number of benzene rings is 1. The number of ether oxygens (including phenoxy) is 1. The lowest BCUT2D eigenvalue weighted by atomic mass is 10.00. The summed E-state index contributed by atoms with van der Waals surface area (Å²) >= 11 is 0. The minimum absolute atomic E-state index is 0.115. The van der Waals surface area contributed by atoms with E-state index in [4.69, 9.17) is 0 Å². The average molecular weight is 247 g/mol. The number of hydrogen-bond acceptors (Lipinski definition) is 3. The van der Waals surface area contributed by atoms with Gasteiger partial charge in [-0.3, -0.25) is 4.79 Å². The van der Waals surface area contributed by atoms with Gasteiger partial charge in [-0.1, -0.05) is 30.3 Å². The van der Waals surface area contributed by atoms with Gasteiger partial charge in [0.25, 0.3) is 0 Å². The molecule has 4 nitrogen and oxygen atoms in total. The van der Waals surface area contributed by atoms with Gasteiger partial charge in [-0.25, -0.2) is 4.79 Å². The molecule has 1 N–H and O–H groups in total. The number of rotatable bonds is 5. The van der Waals surface area contributed by atoms with Crippen LogP contribution in [0.5, 0.6) is 0 Å². The second-order valence-corrected chi connectivity index (χ2v) is 4.55. The third-order valence-electron chi connectivity index (χ3n) is 3.08. The Morgan fingerprint density at radius 3 is 2.56 bits per heavy atom. The van der Waals surface area contributed by atoms with Crippen molar-refractivity contribution in [3.63, 3.8) is 0 Å². The number of nitrogens with one attached hydrogen (secondary N) is 1. The number of alkyl carbamates (subject to hydrolysis) is 1. The highest BCUT2D eigenvalue weighted by Crippen LogP contribution is 2.31. The maximum absolute atomic E-state index is 12.1. The average Bonchev–Trinajstić information content (AvgIpc) is 3.22. The molecule has 0 bridgehead atoms. The van der Waals surface area contributed by atoms with Crippen molar-refractivity contribution in [2.45, 2.75) is 25.3 Å². The molecule has 0 radical (unpaired) electrons. The molecule has 0 aliphatic heterocycles. The summed E-state index contributed by atoms with van der Waals surface area (Å²) in [5, 5.41) is 2.63. The van der Waals surface area contributed by atoms with E-state index in [9.17, 15) is 9.59 Å². The van der Waals surface area contributed by atoms with E-state index in [-0.39, 0.29) is 11.7 Å². The van der Waals surface area contributed by atoms with Crippen LogP contribution in [0.3, 0.4) is 0 Å². The van der Waals surface area contributed by atoms with Crippen molar-refractivity contribution in [3.05, 3.63) is 35.9 Å². The second kappa shape index (κ2) is 5.67. The Bertz CT molecular complexity index is 426. The van der Waals surface area contributed by atoms with E-state index in [1.165, 1.54) is 7.11 Å². The summed E-state index contributed by atoms with van der Waals surface area (Å²) in [6.07, 6.45) is 1.84. The molecule has 0 saturated heterocycles. The molecule has 0 spiro atoms. The first-order chi connectivity index (χ1) is 8.70. The molecule has 0 aromatic heterocycles. The summed E-state index contributed by atoms with van der Waals surface area (Å²) in [4.78, 5) is 23.4. The molecule has 1 aliphatic rings. The van der Waals surface area contributed by atoms with Crippen molar-refractivity contribution in [2.24, 2.45) is 5.92 Å². The number of hydrogen-bond donors (Lipinski definition) is 1. The third kappa shape index (κ3) is 3.32. The molecule has 0 unspecified atom stereocenters. The Hall–Kier alpha value is -1.84. The fourth-order valence-corrected chi connectivity index (χ4v) is 1.93. The van der Waals surface area contributed by atoms with Gasteiger partial charge >= 0.3 is 6.09 Å². The molecule has 1 fully saturated rings. The van der Waals surface area contributed by atoms with Gasteiger partial charge in [0.2, 0.25) is 0 Å². The van der Waals surface area contributed by atoms with E-state index in [0.717, 1.165) is 18.4 Å². The maximum Gasteiger partial charge on any atom is 0.407 e. The molecule has 96 valence electrons. The molecule has 1 saturated carbocycles. The first-order valence-corrected chi connectivity index (χ1v) is 6.13. The van der Waals surface area contributed by atoms with Crippen LogP contribution in [0.4, 0.5) is 4.79 Å². The second-order valence-electron chi connectivity index (χ2n) is 4.55. The smallest absolute Gasteiger partial charge is 0.407 e. The van der Waals surface area contributed by atoms with Crippen LogP contribution in [0.15, 0.2) is 30.3 Å². The van der Waals surface area contributed by atoms with Crippen molar-refractivity contribution in [3.8, 4) is 0 Å². The van der Waals surface area contributed by atoms with Crippen molar-refractivity contribution in [2.75, 3.05) is 7.11 Å². The minimum atomic E-state index is -0.551. The Kier molecular flexibility index (Phi) is 3.97. The Balaban J connectivity index is 2.04. The highest BCUT2D eigenvalue weighted by molar-refractivity contribution is 5.91. The van der Waals surface area contributed by atoms with Gasteiger partial charge in [0, 0.05) is 5.92 Å². The molecule has 1 aromatic rings. The summed E-state index contributed by atoms with van der Waals surface area (Å²) in [6.45, 7) is 0. The summed E-state index contributed by atoms with van der Waals surface area (Å²) in [5.74, 6) is 0.236. The lowest BCUT2D eigenvalue weighted by Gasteiger charge is -2.16. The number of carbonyl (C=O) groups is 2. The lowest BCUT2D eigenvalue weighted by Crippen LogP contribution is -2.43. The van der Waals surface area contributed by atoms with Crippen molar-refractivity contribution < 1.29 is 14.3 Å². The SMILES string of the molecule is COC(=O)N[C@@H](Cc1ccccc1)C(=O)C1CC1. The van der Waals surface area contributed by atoms with Gasteiger partial charge < -0.3 is 10.1 Å². The fraction of sp³-hybridized carbons (Fsp3) is 0.429. The summed E-state index contributed by atoms with van der Waals surface area (Å²) in [5.41, 5.74) is 1.04. The topological polar surface area (TPSA) is 55.4 Å². The van der Waals surface area contributed by atoms with E-state index in [0.29, 0.717) is 6.42 Å². The van der Waals surface area contributed by atoms with E-state index >= 15 is 0 Å². The number of amides is 1. The van der Waals surface area contributed by atoms with Gasteiger partial charge in [0.1, 0.15) is 0 Å². The Morgan fingerprint density at radius 2 is 2.00 bits per heavy atom. The zero-order valence-electron chi connectivity index (χ0n) is 10.4. The molecule has 2 rings (SSSR count). The van der Waals surface area contributed by atoms with Crippen LogP contribution < -0.4 is 5.32 Å². The van der Waals surface area contributed by atoms with Crippen LogP contribution >= 0.6 is 0 Å². The van der Waals surface area contributed by atoms with Gasteiger partial charge in [0.15, 0.2) is 5.78 Å². The maximum atomic E-state index is 12.1. The van der Waals surface area contributed by atoms with Crippen LogP contribution in [0.1, 0.15) is 18.4 Å². The first kappa shape index (κ1) is 12.6. The van der Waals surface area contributed by atoms with E-state index in [1.807, 2.05) is 30.3 Å². The van der Waals surface area contributed by atoms with Gasteiger partial charge in [-0.15, -0.1) is 0 Å². The monoisotopic (exact) mass is 247 g/mol. The molecule has 0 heterocycles. The van der Waals surface area contributed by atoms with Gasteiger partial charge in [0.05, 0.1) is 13.2 Å². The zero-order valence-corrected chi connectivity index (χ0v) is 10.4. The van der Waals surface area contributed by atoms with E-state index in [1.54, 1.807) is 0 Å². The number of methoxy groups -OCH3 is 1. The fourth-order valence-electron chi connectivity index (χ4n) is 1.93. The molecule has 4 heteroatoms. The predicted molar refractivity (Wildman–Crippen MR) is 67.2 cm³/mol. The van der Waals surface area contributed by atoms with Crippen LogP contribution in [-0.2, 0) is 16.0 Å². The van der Waals surface area contributed by atoms with Gasteiger partial charge in [-0.05, 0) is 24.8 Å². The Morgan fingerprint density at radius 1 is 1.33 bits per heavy atom. The first-order valence-electron chi connectivity index (χ1n) is 6.13. The third-order valence-corrected chi connectivity index (χ3v) is 3.08. The van der Waals surface area contributed by atoms with Gasteiger partial charge in [-0.2, -0.15) is 0 Å². The van der Waals surface area contributed by atoms with E-state index < -0.39 is 12.1 Å². The normalized spacial score (nSPS) is 15.8. The predicted octanol–water partition coefficient (Wildman–Crippen LogP) is 1.93. The Labute approximate surface area is 106 Å². The minimum Gasteiger partial charge on any atom is -0.453 e. The molecule has 1 aromatic carbocycles. The van der Waals surface area contributed by atoms with E-state index in [2.05, 4.69) is 10.1 Å². The van der Waals surface area contributed by atoms with Crippen molar-refractivity contribution >= 4 is 11.9 Å². The number of carbonyl (C=O) groups excluding carboxylic acids is 2. The highest BCUT2D eigenvalue weighted by Gasteiger charge is 2.35. The number of Topliss-reactive ketones (excluding diaryl/α,β-unsaturated/α-hetero) is 1. The highest BCUT2D eigenvalue weighted by atomic mass is 16.5. The lowest BCUT2D eigenvalue weighted by molar-refractivity contribution is -0.122. The largest absolute Gasteiger partial charge is 0.453 e. The quantitative estimate of drug-likeness (QED) is 0.865. The zero-order chi connectivity index (χ0) is 13.0. The summed E-state index contributed by atoms with van der Waals surface area (Å²) in [6, 6.07) is 9.19. The van der Waals surface area contributed by atoms with Crippen LogP contribution in [-0.4, -0.2) is 25.0 Å². The van der Waals surface area contributed by atoms with Crippen molar-refractivity contribution in [1.82, 2.24) is 5.32 Å². The van der Waals surface area contributed by atoms with Crippen LogP contribution in [0.2, 0.25) is 0 Å².